The van der Waals surface area contributed by atoms with Crippen molar-refractivity contribution in [2.24, 2.45) is 0 Å². The first-order chi connectivity index (χ1) is 9.07. The fraction of sp³-hybridized carbons (Fsp3) is 0.462. The number of hydrogen-bond acceptors (Lipinski definition) is 2. The standard InChI is InChI=1S/C13H13F3N2O/c14-13(15,16)12-9-5-1-2-6-10(9)18(17-12)11-7-3-4-8-19-11/h1-2,5-6,11H,3-4,7-8H2. The number of fused-ring (bicyclic) bond motifs is 1. The van der Waals surface area contributed by atoms with E-state index in [2.05, 4.69) is 5.10 Å². The lowest BCUT2D eigenvalue weighted by atomic mass is 10.1. The normalized spacial score (nSPS) is 20.9. The maximum Gasteiger partial charge on any atom is 0.435 e. The van der Waals surface area contributed by atoms with Gasteiger partial charge in [0.2, 0.25) is 0 Å². The van der Waals surface area contributed by atoms with Crippen molar-refractivity contribution in [1.82, 2.24) is 9.78 Å². The summed E-state index contributed by atoms with van der Waals surface area (Å²) >= 11 is 0. The zero-order valence-electron chi connectivity index (χ0n) is 10.2. The van der Waals surface area contributed by atoms with Gasteiger partial charge in [0.25, 0.3) is 0 Å². The van der Waals surface area contributed by atoms with Crippen LogP contribution in [0.25, 0.3) is 10.9 Å². The minimum absolute atomic E-state index is 0.129. The van der Waals surface area contributed by atoms with Crippen LogP contribution in [0.2, 0.25) is 0 Å². The van der Waals surface area contributed by atoms with E-state index in [1.807, 2.05) is 0 Å². The van der Waals surface area contributed by atoms with Gasteiger partial charge in [0.1, 0.15) is 0 Å². The molecule has 1 aliphatic heterocycles. The third-order valence-electron chi connectivity index (χ3n) is 3.31. The molecule has 0 spiro atoms. The molecule has 1 aromatic heterocycles. The fourth-order valence-corrected chi connectivity index (χ4v) is 2.43. The molecule has 19 heavy (non-hydrogen) atoms. The Morgan fingerprint density at radius 3 is 2.68 bits per heavy atom. The molecule has 0 N–H and O–H groups in total. The van der Waals surface area contributed by atoms with Gasteiger partial charge in [0.15, 0.2) is 11.9 Å². The molecule has 2 aromatic rings. The molecule has 1 saturated heterocycles. The third-order valence-corrected chi connectivity index (χ3v) is 3.31. The molecule has 6 heteroatoms. The molecule has 0 radical (unpaired) electrons. The van der Waals surface area contributed by atoms with Crippen LogP contribution in [0.5, 0.6) is 0 Å². The van der Waals surface area contributed by atoms with Gasteiger partial charge in [-0.15, -0.1) is 0 Å². The van der Waals surface area contributed by atoms with Gasteiger partial charge in [0, 0.05) is 12.0 Å². The molecule has 1 unspecified atom stereocenters. The Hall–Kier alpha value is -1.56. The van der Waals surface area contributed by atoms with Gasteiger partial charge in [-0.2, -0.15) is 18.3 Å². The van der Waals surface area contributed by atoms with E-state index in [0.29, 0.717) is 18.5 Å². The van der Waals surface area contributed by atoms with E-state index in [-0.39, 0.29) is 5.39 Å². The van der Waals surface area contributed by atoms with E-state index in [4.69, 9.17) is 4.74 Å². The van der Waals surface area contributed by atoms with E-state index < -0.39 is 18.1 Å². The number of ether oxygens (including phenoxy) is 1. The Kier molecular flexibility index (Phi) is 2.97. The van der Waals surface area contributed by atoms with Gasteiger partial charge in [-0.1, -0.05) is 18.2 Å². The van der Waals surface area contributed by atoms with E-state index in [9.17, 15) is 13.2 Å². The molecule has 1 aliphatic rings. The summed E-state index contributed by atoms with van der Waals surface area (Å²) in [6, 6.07) is 6.40. The second-order valence-corrected chi connectivity index (χ2v) is 4.63. The lowest BCUT2D eigenvalue weighted by molar-refractivity contribution is -0.141. The summed E-state index contributed by atoms with van der Waals surface area (Å²) in [6.45, 7) is 0.570. The third kappa shape index (κ3) is 2.20. The van der Waals surface area contributed by atoms with Gasteiger partial charge < -0.3 is 4.74 Å². The Morgan fingerprint density at radius 2 is 2.00 bits per heavy atom. The first-order valence-electron chi connectivity index (χ1n) is 6.23. The molecular weight excluding hydrogens is 257 g/mol. The Morgan fingerprint density at radius 1 is 1.21 bits per heavy atom. The van der Waals surface area contributed by atoms with Crippen molar-refractivity contribution in [2.45, 2.75) is 31.7 Å². The summed E-state index contributed by atoms with van der Waals surface area (Å²) in [5, 5.41) is 3.88. The number of benzene rings is 1. The minimum atomic E-state index is -4.44. The first kappa shape index (κ1) is 12.5. The van der Waals surface area contributed by atoms with Crippen LogP contribution in [-0.2, 0) is 10.9 Å². The largest absolute Gasteiger partial charge is 0.435 e. The first-order valence-corrected chi connectivity index (χ1v) is 6.23. The summed E-state index contributed by atoms with van der Waals surface area (Å²) in [5.41, 5.74) is -0.362. The highest BCUT2D eigenvalue weighted by atomic mass is 19.4. The van der Waals surface area contributed by atoms with Crippen LogP contribution in [0.1, 0.15) is 31.2 Å². The quantitative estimate of drug-likeness (QED) is 0.789. The number of hydrogen-bond donors (Lipinski definition) is 0. The molecule has 2 heterocycles. The highest BCUT2D eigenvalue weighted by molar-refractivity contribution is 5.82. The smallest absolute Gasteiger partial charge is 0.356 e. The van der Waals surface area contributed by atoms with Gasteiger partial charge in [-0.3, -0.25) is 0 Å². The highest BCUT2D eigenvalue weighted by Gasteiger charge is 2.37. The van der Waals surface area contributed by atoms with Crippen LogP contribution in [-0.4, -0.2) is 16.4 Å². The molecule has 102 valence electrons. The fourth-order valence-electron chi connectivity index (χ4n) is 2.43. The summed E-state index contributed by atoms with van der Waals surface area (Å²) in [6.07, 6.45) is -2.25. The molecule has 3 nitrogen and oxygen atoms in total. The van der Waals surface area contributed by atoms with Gasteiger partial charge >= 0.3 is 6.18 Å². The van der Waals surface area contributed by atoms with Crippen molar-refractivity contribution in [1.29, 1.82) is 0 Å². The number of alkyl halides is 3. The molecule has 0 bridgehead atoms. The van der Waals surface area contributed by atoms with Gasteiger partial charge in [-0.05, 0) is 25.3 Å². The van der Waals surface area contributed by atoms with Crippen molar-refractivity contribution in [3.05, 3.63) is 30.0 Å². The number of aromatic nitrogens is 2. The molecular formula is C13H13F3N2O. The minimum Gasteiger partial charge on any atom is -0.356 e. The van der Waals surface area contributed by atoms with Crippen LogP contribution < -0.4 is 0 Å². The highest BCUT2D eigenvalue weighted by Crippen LogP contribution is 2.36. The van der Waals surface area contributed by atoms with Crippen LogP contribution in [0, 0.1) is 0 Å². The summed E-state index contributed by atoms with van der Waals surface area (Å²) in [4.78, 5) is 0. The Balaban J connectivity index is 2.14. The summed E-state index contributed by atoms with van der Waals surface area (Å²) < 4.78 is 45.8. The lowest BCUT2D eigenvalue weighted by Gasteiger charge is -2.23. The molecule has 1 aromatic carbocycles. The molecule has 3 rings (SSSR count). The van der Waals surface area contributed by atoms with Crippen LogP contribution >= 0.6 is 0 Å². The predicted molar refractivity (Wildman–Crippen MR) is 63.6 cm³/mol. The van der Waals surface area contributed by atoms with E-state index >= 15 is 0 Å². The van der Waals surface area contributed by atoms with E-state index in [1.165, 1.54) is 10.7 Å². The Bertz CT molecular complexity index is 585. The molecule has 0 amide bonds. The summed E-state index contributed by atoms with van der Waals surface area (Å²) in [7, 11) is 0. The maximum absolute atomic E-state index is 13.0. The van der Waals surface area contributed by atoms with Crippen LogP contribution in [0.15, 0.2) is 24.3 Å². The topological polar surface area (TPSA) is 27.1 Å². The average Bonchev–Trinajstić information content (AvgIpc) is 2.79. The molecule has 0 aliphatic carbocycles. The maximum atomic E-state index is 13.0. The van der Waals surface area contributed by atoms with Crippen molar-refractivity contribution < 1.29 is 17.9 Å². The van der Waals surface area contributed by atoms with Gasteiger partial charge in [-0.25, -0.2) is 4.68 Å². The average molecular weight is 270 g/mol. The zero-order chi connectivity index (χ0) is 13.5. The second kappa shape index (κ2) is 4.52. The lowest BCUT2D eigenvalue weighted by Crippen LogP contribution is -2.19. The van der Waals surface area contributed by atoms with Crippen LogP contribution in [0.4, 0.5) is 13.2 Å². The SMILES string of the molecule is FC(F)(F)c1nn(C2CCCCO2)c2ccccc12. The second-order valence-electron chi connectivity index (χ2n) is 4.63. The Labute approximate surface area is 108 Å². The molecule has 0 saturated carbocycles. The van der Waals surface area contributed by atoms with Crippen molar-refractivity contribution in [3.63, 3.8) is 0 Å². The molecule has 1 atom stereocenters. The monoisotopic (exact) mass is 270 g/mol. The summed E-state index contributed by atoms with van der Waals surface area (Å²) in [5.74, 6) is 0. The van der Waals surface area contributed by atoms with Crippen LogP contribution in [0.3, 0.4) is 0 Å². The van der Waals surface area contributed by atoms with Crippen molar-refractivity contribution in [2.75, 3.05) is 6.61 Å². The van der Waals surface area contributed by atoms with Gasteiger partial charge in [0.05, 0.1) is 5.52 Å². The van der Waals surface area contributed by atoms with Crippen molar-refractivity contribution >= 4 is 10.9 Å². The number of nitrogens with zero attached hydrogens (tertiary/aromatic N) is 2. The number of halogens is 3. The van der Waals surface area contributed by atoms with E-state index in [0.717, 1.165) is 12.8 Å². The zero-order valence-corrected chi connectivity index (χ0v) is 10.2. The predicted octanol–water partition coefficient (Wildman–Crippen LogP) is 3.75. The number of para-hydroxylation sites is 1. The van der Waals surface area contributed by atoms with Crippen molar-refractivity contribution in [3.8, 4) is 0 Å². The van der Waals surface area contributed by atoms with E-state index in [1.54, 1.807) is 18.2 Å². The number of rotatable bonds is 1. The molecule has 1 fully saturated rings.